The van der Waals surface area contributed by atoms with Gasteiger partial charge in [0.15, 0.2) is 5.78 Å². The van der Waals surface area contributed by atoms with Crippen LogP contribution in [0.4, 0.5) is 29.2 Å². The van der Waals surface area contributed by atoms with Crippen molar-refractivity contribution in [1.29, 1.82) is 0 Å². The van der Waals surface area contributed by atoms with E-state index in [4.69, 9.17) is 9.97 Å². The van der Waals surface area contributed by atoms with Crippen LogP contribution in [0.3, 0.4) is 0 Å². The molecular weight excluding hydrogens is 658 g/mol. The van der Waals surface area contributed by atoms with Crippen LogP contribution in [0.15, 0.2) is 77.7 Å². The third kappa shape index (κ3) is 7.47. The highest BCUT2D eigenvalue weighted by molar-refractivity contribution is 7.89. The van der Waals surface area contributed by atoms with Crippen LogP contribution in [0, 0.1) is 19.7 Å². The van der Waals surface area contributed by atoms with E-state index in [0.717, 1.165) is 17.7 Å². The van der Waals surface area contributed by atoms with Crippen molar-refractivity contribution in [3.05, 3.63) is 101 Å². The summed E-state index contributed by atoms with van der Waals surface area (Å²) in [6.07, 6.45) is -3.30. The molecule has 3 aromatic carbocycles. The summed E-state index contributed by atoms with van der Waals surface area (Å²) >= 11 is 0. The van der Waals surface area contributed by atoms with E-state index < -0.39 is 27.8 Å². The van der Waals surface area contributed by atoms with E-state index in [2.05, 4.69) is 0 Å². The van der Waals surface area contributed by atoms with Crippen LogP contribution in [-0.2, 0) is 27.4 Å². The molecule has 13 heteroatoms. The SMILES string of the molecule is Cc1ccc(C)c(S(=O)(=O)N2CCC[C@H]2C(=O)CCc2cc(-c3ccc(C(F)(F)F)cc3)nc(N3CCN(c4ccccc4F)CC3)n2)c1. The van der Waals surface area contributed by atoms with Crippen LogP contribution in [0.25, 0.3) is 11.3 Å². The van der Waals surface area contributed by atoms with E-state index in [9.17, 15) is 30.8 Å². The van der Waals surface area contributed by atoms with Crippen LogP contribution in [-0.4, -0.2) is 67.2 Å². The molecule has 3 heterocycles. The Kier molecular flexibility index (Phi) is 9.76. The maximum Gasteiger partial charge on any atom is 0.416 e. The second-order valence-corrected chi connectivity index (χ2v) is 14.4. The van der Waals surface area contributed by atoms with Gasteiger partial charge in [-0.15, -0.1) is 0 Å². The van der Waals surface area contributed by atoms with E-state index in [0.29, 0.717) is 73.2 Å². The lowest BCUT2D eigenvalue weighted by molar-refractivity contribution is -0.137. The molecule has 0 radical (unpaired) electrons. The number of ketones is 1. The van der Waals surface area contributed by atoms with Gasteiger partial charge in [-0.05, 0) is 80.6 Å². The Balaban J connectivity index is 1.23. The van der Waals surface area contributed by atoms with Gasteiger partial charge in [-0.3, -0.25) is 4.79 Å². The highest BCUT2D eigenvalue weighted by Crippen LogP contribution is 2.33. The van der Waals surface area contributed by atoms with Crippen molar-refractivity contribution in [1.82, 2.24) is 14.3 Å². The van der Waals surface area contributed by atoms with Crippen LogP contribution < -0.4 is 9.80 Å². The molecule has 4 aromatic rings. The number of piperazine rings is 1. The number of Topliss-reactive ketones (excluding diaryl/α,β-unsaturated/α-hetero) is 1. The summed E-state index contributed by atoms with van der Waals surface area (Å²) in [6.45, 7) is 5.74. The Labute approximate surface area is 283 Å². The van der Waals surface area contributed by atoms with Crippen molar-refractivity contribution in [3.63, 3.8) is 0 Å². The fourth-order valence-electron chi connectivity index (χ4n) is 6.47. The maximum atomic E-state index is 14.4. The molecule has 8 nitrogen and oxygen atoms in total. The first-order chi connectivity index (χ1) is 23.3. The van der Waals surface area contributed by atoms with Gasteiger partial charge in [0.25, 0.3) is 0 Å². The third-order valence-electron chi connectivity index (χ3n) is 9.16. The number of anilines is 2. The molecule has 1 aromatic heterocycles. The zero-order valence-corrected chi connectivity index (χ0v) is 28.1. The van der Waals surface area contributed by atoms with Gasteiger partial charge in [0.1, 0.15) is 5.82 Å². The molecule has 6 rings (SSSR count). The van der Waals surface area contributed by atoms with Crippen molar-refractivity contribution >= 4 is 27.4 Å². The quantitative estimate of drug-likeness (QED) is 0.183. The van der Waals surface area contributed by atoms with E-state index in [1.807, 2.05) is 22.8 Å². The number of hydrogen-bond donors (Lipinski definition) is 0. The Morgan fingerprint density at radius 3 is 2.27 bits per heavy atom. The van der Waals surface area contributed by atoms with Gasteiger partial charge in [-0.25, -0.2) is 22.8 Å². The molecule has 0 bridgehead atoms. The standard InChI is InChI=1S/C36H37F4N5O3S/c1-24-9-10-25(2)34(22-24)49(47,48)45-17-5-8-32(45)33(46)16-15-28-23-30(26-11-13-27(14-12-26)36(38,39)40)42-35(41-28)44-20-18-43(19-21-44)31-7-4-3-6-29(31)37/h3-4,6-7,9-14,22-23,32H,5,8,15-21H2,1-2H3/t32-/m0/s1. The molecule has 2 saturated heterocycles. The summed E-state index contributed by atoms with van der Waals surface area (Å²) in [5.74, 6) is -0.180. The number of carbonyl (C=O) groups is 1. The number of nitrogens with zero attached hydrogens (tertiary/aromatic N) is 5. The van der Waals surface area contributed by atoms with Gasteiger partial charge in [0.2, 0.25) is 16.0 Å². The summed E-state index contributed by atoms with van der Waals surface area (Å²) in [5.41, 5.74) is 2.50. The van der Waals surface area contributed by atoms with Crippen molar-refractivity contribution in [3.8, 4) is 11.3 Å². The number of alkyl halides is 3. The van der Waals surface area contributed by atoms with E-state index in [-0.39, 0.29) is 35.9 Å². The minimum absolute atomic E-state index is 0.0213. The maximum absolute atomic E-state index is 14.4. The van der Waals surface area contributed by atoms with Gasteiger partial charge >= 0.3 is 6.18 Å². The Morgan fingerprint density at radius 2 is 1.57 bits per heavy atom. The smallest absolute Gasteiger partial charge is 0.366 e. The predicted octanol–water partition coefficient (Wildman–Crippen LogP) is 6.60. The molecule has 0 N–H and O–H groups in total. The number of aromatic nitrogens is 2. The number of benzene rings is 3. The molecule has 2 aliphatic rings. The van der Waals surface area contributed by atoms with Gasteiger partial charge in [-0.1, -0.05) is 36.4 Å². The zero-order chi connectivity index (χ0) is 34.9. The number of halogens is 4. The highest BCUT2D eigenvalue weighted by Gasteiger charge is 2.39. The molecule has 0 aliphatic carbocycles. The minimum atomic E-state index is -4.49. The molecule has 0 saturated carbocycles. The van der Waals surface area contributed by atoms with Gasteiger partial charge in [-0.2, -0.15) is 17.5 Å². The number of hydrogen-bond acceptors (Lipinski definition) is 7. The average Bonchev–Trinajstić information content (AvgIpc) is 3.60. The fourth-order valence-corrected chi connectivity index (χ4v) is 8.46. The average molecular weight is 696 g/mol. The molecule has 2 fully saturated rings. The minimum Gasteiger partial charge on any atom is -0.366 e. The third-order valence-corrected chi connectivity index (χ3v) is 11.2. The number of aryl methyl sites for hydroxylation is 3. The summed E-state index contributed by atoms with van der Waals surface area (Å²) in [7, 11) is -3.90. The highest BCUT2D eigenvalue weighted by atomic mass is 32.2. The predicted molar refractivity (Wildman–Crippen MR) is 179 cm³/mol. The monoisotopic (exact) mass is 695 g/mol. The van der Waals surface area contributed by atoms with Crippen molar-refractivity contribution < 1.29 is 30.8 Å². The van der Waals surface area contributed by atoms with Crippen molar-refractivity contribution in [2.45, 2.75) is 56.6 Å². The molecule has 2 aliphatic heterocycles. The second-order valence-electron chi connectivity index (χ2n) is 12.6. The van der Waals surface area contributed by atoms with E-state index in [1.165, 1.54) is 22.5 Å². The van der Waals surface area contributed by atoms with Crippen LogP contribution in [0.5, 0.6) is 0 Å². The Bertz CT molecular complexity index is 1950. The first-order valence-corrected chi connectivity index (χ1v) is 17.7. The van der Waals surface area contributed by atoms with E-state index >= 15 is 0 Å². The lowest BCUT2D eigenvalue weighted by atomic mass is 10.0. The summed E-state index contributed by atoms with van der Waals surface area (Å²) in [5, 5.41) is 0. The molecule has 49 heavy (non-hydrogen) atoms. The number of para-hydroxylation sites is 1. The number of carbonyl (C=O) groups excluding carboxylic acids is 1. The zero-order valence-electron chi connectivity index (χ0n) is 27.3. The molecule has 0 spiro atoms. The second kappa shape index (κ2) is 13.9. The molecular formula is C36H37F4N5O3S. The number of sulfonamides is 1. The van der Waals surface area contributed by atoms with Crippen molar-refractivity contribution in [2.75, 3.05) is 42.5 Å². The summed E-state index contributed by atoms with van der Waals surface area (Å²) in [6, 6.07) is 17.4. The van der Waals surface area contributed by atoms with Gasteiger partial charge in [0, 0.05) is 50.4 Å². The van der Waals surface area contributed by atoms with Crippen LogP contribution in [0.1, 0.15) is 41.6 Å². The topological polar surface area (TPSA) is 86.7 Å². The van der Waals surface area contributed by atoms with E-state index in [1.54, 1.807) is 43.3 Å². The molecule has 0 unspecified atom stereocenters. The molecule has 0 amide bonds. The lowest BCUT2D eigenvalue weighted by Gasteiger charge is -2.36. The Morgan fingerprint density at radius 1 is 0.878 bits per heavy atom. The lowest BCUT2D eigenvalue weighted by Crippen LogP contribution is -2.47. The molecule has 258 valence electrons. The largest absolute Gasteiger partial charge is 0.416 e. The first kappa shape index (κ1) is 34.5. The van der Waals surface area contributed by atoms with Gasteiger partial charge in [0.05, 0.1) is 27.9 Å². The van der Waals surface area contributed by atoms with Gasteiger partial charge < -0.3 is 9.80 Å². The van der Waals surface area contributed by atoms with Crippen LogP contribution in [0.2, 0.25) is 0 Å². The van der Waals surface area contributed by atoms with Crippen molar-refractivity contribution in [2.24, 2.45) is 0 Å². The number of rotatable bonds is 9. The summed E-state index contributed by atoms with van der Waals surface area (Å²) in [4.78, 5) is 27.1. The first-order valence-electron chi connectivity index (χ1n) is 16.2. The normalized spacial score (nSPS) is 17.5. The van der Waals surface area contributed by atoms with Crippen LogP contribution >= 0.6 is 0 Å². The summed E-state index contributed by atoms with van der Waals surface area (Å²) < 4.78 is 83.0. The molecule has 1 atom stereocenters. The fraction of sp³-hybridized carbons (Fsp3) is 0.361. The Hall–Kier alpha value is -4.36.